The van der Waals surface area contributed by atoms with Crippen LogP contribution in [0, 0.1) is 0 Å². The van der Waals surface area contributed by atoms with Crippen LogP contribution in [-0.2, 0) is 22.6 Å². The Kier molecular flexibility index (Phi) is 10.8. The summed E-state index contributed by atoms with van der Waals surface area (Å²) >= 11 is 3.47. The predicted molar refractivity (Wildman–Crippen MR) is 154 cm³/mol. The lowest BCUT2D eigenvalue weighted by Crippen LogP contribution is -2.54. The smallest absolute Gasteiger partial charge is 0.243 e. The lowest BCUT2D eigenvalue weighted by atomic mass is 10.00. The fraction of sp³-hybridized carbons (Fsp3) is 0.355. The topological polar surface area (TPSA) is 67.9 Å². The molecule has 0 unspecified atom stereocenters. The molecule has 0 fully saturated rings. The molecule has 0 bridgehead atoms. The molecule has 0 aliphatic heterocycles. The van der Waals surface area contributed by atoms with Crippen LogP contribution in [0.5, 0.6) is 11.5 Å². The molecule has 6 nitrogen and oxygen atoms in total. The van der Waals surface area contributed by atoms with Crippen molar-refractivity contribution in [3.8, 4) is 11.5 Å². The van der Waals surface area contributed by atoms with Gasteiger partial charge in [-0.1, -0.05) is 58.4 Å². The number of carbonyl (C=O) groups excluding carboxylic acids is 2. The first-order valence-corrected chi connectivity index (χ1v) is 13.6. The van der Waals surface area contributed by atoms with Gasteiger partial charge in [0.1, 0.15) is 17.5 Å². The average molecular weight is 582 g/mol. The van der Waals surface area contributed by atoms with E-state index in [1.165, 1.54) is 0 Å². The Morgan fingerprint density at radius 1 is 0.895 bits per heavy atom. The van der Waals surface area contributed by atoms with Crippen molar-refractivity contribution in [1.29, 1.82) is 0 Å². The summed E-state index contributed by atoms with van der Waals surface area (Å²) in [4.78, 5) is 29.0. The number of carbonyl (C=O) groups is 2. The van der Waals surface area contributed by atoms with E-state index in [1.54, 1.807) is 12.0 Å². The maximum atomic E-state index is 13.7. The maximum absolute atomic E-state index is 13.7. The predicted octanol–water partition coefficient (Wildman–Crippen LogP) is 6.17. The van der Waals surface area contributed by atoms with Gasteiger partial charge in [-0.25, -0.2) is 0 Å². The third kappa shape index (κ3) is 9.53. The van der Waals surface area contributed by atoms with E-state index in [2.05, 4.69) is 21.2 Å². The van der Waals surface area contributed by atoms with Crippen LogP contribution < -0.4 is 14.8 Å². The Morgan fingerprint density at radius 3 is 2.13 bits per heavy atom. The van der Waals surface area contributed by atoms with Gasteiger partial charge >= 0.3 is 0 Å². The molecule has 1 N–H and O–H groups in total. The molecule has 38 heavy (non-hydrogen) atoms. The molecular formula is C31H37BrN2O4. The zero-order chi connectivity index (χ0) is 27.5. The minimum atomic E-state index is -0.657. The second-order valence-electron chi connectivity index (χ2n) is 10.2. The molecule has 0 saturated heterocycles. The van der Waals surface area contributed by atoms with E-state index in [0.29, 0.717) is 26.0 Å². The summed E-state index contributed by atoms with van der Waals surface area (Å²) in [6.07, 6.45) is 1.22. The number of amides is 2. The van der Waals surface area contributed by atoms with Crippen LogP contribution in [0.3, 0.4) is 0 Å². The van der Waals surface area contributed by atoms with Crippen molar-refractivity contribution in [2.45, 2.75) is 58.2 Å². The summed E-state index contributed by atoms with van der Waals surface area (Å²) in [6, 6.07) is 24.4. The van der Waals surface area contributed by atoms with Gasteiger partial charge in [-0.15, -0.1) is 0 Å². The van der Waals surface area contributed by atoms with Crippen LogP contribution in [0.1, 0.15) is 44.7 Å². The van der Waals surface area contributed by atoms with Gasteiger partial charge in [0, 0.05) is 29.4 Å². The molecular weight excluding hydrogens is 544 g/mol. The third-order valence-electron chi connectivity index (χ3n) is 5.90. The lowest BCUT2D eigenvalue weighted by Gasteiger charge is -2.34. The molecule has 202 valence electrons. The Bertz CT molecular complexity index is 1160. The van der Waals surface area contributed by atoms with Gasteiger partial charge in [-0.05, 0) is 74.7 Å². The van der Waals surface area contributed by atoms with Crippen LogP contribution in [0.2, 0.25) is 0 Å². The number of ether oxygens (including phenoxy) is 2. The highest BCUT2D eigenvalue weighted by Gasteiger charge is 2.32. The quantitative estimate of drug-likeness (QED) is 0.260. The highest BCUT2D eigenvalue weighted by atomic mass is 79.9. The first-order valence-electron chi connectivity index (χ1n) is 12.8. The zero-order valence-electron chi connectivity index (χ0n) is 22.6. The highest BCUT2D eigenvalue weighted by molar-refractivity contribution is 9.10. The van der Waals surface area contributed by atoms with Crippen LogP contribution in [0.4, 0.5) is 0 Å². The van der Waals surface area contributed by atoms with E-state index < -0.39 is 11.6 Å². The van der Waals surface area contributed by atoms with Gasteiger partial charge in [0.2, 0.25) is 11.8 Å². The van der Waals surface area contributed by atoms with E-state index in [-0.39, 0.29) is 18.2 Å². The van der Waals surface area contributed by atoms with E-state index >= 15 is 0 Å². The molecule has 0 saturated carbocycles. The van der Waals surface area contributed by atoms with E-state index in [4.69, 9.17) is 9.47 Å². The average Bonchev–Trinajstić information content (AvgIpc) is 2.89. The van der Waals surface area contributed by atoms with Gasteiger partial charge in [-0.2, -0.15) is 0 Å². The highest BCUT2D eigenvalue weighted by Crippen LogP contribution is 2.20. The summed E-state index contributed by atoms with van der Waals surface area (Å²) in [5.41, 5.74) is 1.53. The van der Waals surface area contributed by atoms with Gasteiger partial charge < -0.3 is 19.7 Å². The summed E-state index contributed by atoms with van der Waals surface area (Å²) in [5.74, 6) is 1.23. The number of methoxy groups -OCH3 is 1. The fourth-order valence-corrected chi connectivity index (χ4v) is 4.29. The van der Waals surface area contributed by atoms with Crippen molar-refractivity contribution in [2.75, 3.05) is 13.7 Å². The van der Waals surface area contributed by atoms with E-state index in [1.807, 2.05) is 99.6 Å². The minimum Gasteiger partial charge on any atom is -0.497 e. The summed E-state index contributed by atoms with van der Waals surface area (Å²) in [5, 5.41) is 3.09. The molecule has 1 atom stereocenters. The Hall–Kier alpha value is -3.32. The first kappa shape index (κ1) is 29.2. The van der Waals surface area contributed by atoms with Crippen LogP contribution in [0.15, 0.2) is 83.3 Å². The zero-order valence-corrected chi connectivity index (χ0v) is 24.2. The van der Waals surface area contributed by atoms with E-state index in [0.717, 1.165) is 27.1 Å². The third-order valence-corrected chi connectivity index (χ3v) is 6.43. The number of nitrogens with zero attached hydrogens (tertiary/aromatic N) is 1. The van der Waals surface area contributed by atoms with Gasteiger partial charge in [0.25, 0.3) is 0 Å². The second-order valence-corrected chi connectivity index (χ2v) is 11.1. The van der Waals surface area contributed by atoms with E-state index in [9.17, 15) is 9.59 Å². The molecule has 3 rings (SSSR count). The molecule has 0 aromatic heterocycles. The first-order chi connectivity index (χ1) is 18.1. The summed E-state index contributed by atoms with van der Waals surface area (Å²) < 4.78 is 12.0. The summed E-state index contributed by atoms with van der Waals surface area (Å²) in [7, 11) is 1.62. The molecule has 0 spiro atoms. The normalized spacial score (nSPS) is 11.9. The lowest BCUT2D eigenvalue weighted by molar-refractivity contribution is -0.142. The van der Waals surface area contributed by atoms with Crippen molar-refractivity contribution in [1.82, 2.24) is 10.2 Å². The number of hydrogen-bond acceptors (Lipinski definition) is 4. The number of nitrogens with one attached hydrogen (secondary N) is 1. The van der Waals surface area contributed by atoms with Crippen molar-refractivity contribution in [3.05, 3.63) is 94.5 Å². The van der Waals surface area contributed by atoms with Crippen LogP contribution in [0.25, 0.3) is 0 Å². The standard InChI is InChI=1S/C31H37BrN2O4/c1-31(2,3)33-30(36)28(21-23-9-6-5-7-10-23)34(22-24-12-14-25(32)15-13-24)29(35)11-8-20-38-27-18-16-26(37-4)17-19-27/h5-7,9-10,12-19,28H,8,11,20-22H2,1-4H3,(H,33,36)/t28-/m1/s1. The van der Waals surface area contributed by atoms with Crippen molar-refractivity contribution in [3.63, 3.8) is 0 Å². The summed E-state index contributed by atoms with van der Waals surface area (Å²) in [6.45, 7) is 6.56. The fourth-order valence-electron chi connectivity index (χ4n) is 4.02. The SMILES string of the molecule is COc1ccc(OCCCC(=O)N(Cc2ccc(Br)cc2)[C@H](Cc2ccccc2)C(=O)NC(C)(C)C)cc1. The Labute approximate surface area is 234 Å². The van der Waals surface area contributed by atoms with Gasteiger partial charge in [0.15, 0.2) is 0 Å². The molecule has 0 aliphatic carbocycles. The molecule has 7 heteroatoms. The number of benzene rings is 3. The van der Waals surface area contributed by atoms with Crippen molar-refractivity contribution < 1.29 is 19.1 Å². The van der Waals surface area contributed by atoms with Crippen molar-refractivity contribution >= 4 is 27.7 Å². The van der Waals surface area contributed by atoms with Gasteiger partial charge in [0.05, 0.1) is 13.7 Å². The molecule has 3 aromatic carbocycles. The van der Waals surface area contributed by atoms with Crippen LogP contribution in [-0.4, -0.2) is 42.0 Å². The van der Waals surface area contributed by atoms with Crippen LogP contribution >= 0.6 is 15.9 Å². The minimum absolute atomic E-state index is 0.0868. The largest absolute Gasteiger partial charge is 0.497 e. The molecule has 0 aliphatic rings. The second kappa shape index (κ2) is 14.0. The Morgan fingerprint density at radius 2 is 1.53 bits per heavy atom. The molecule has 0 heterocycles. The van der Waals surface area contributed by atoms with Crippen molar-refractivity contribution in [2.24, 2.45) is 0 Å². The number of halogens is 1. The number of hydrogen-bond donors (Lipinski definition) is 1. The number of rotatable bonds is 12. The van der Waals surface area contributed by atoms with Gasteiger partial charge in [-0.3, -0.25) is 9.59 Å². The molecule has 2 amide bonds. The monoisotopic (exact) mass is 580 g/mol. The maximum Gasteiger partial charge on any atom is 0.243 e. The molecule has 0 radical (unpaired) electrons. The Balaban J connectivity index is 1.78. The molecule has 3 aromatic rings.